The Balaban J connectivity index is 2.40. The van der Waals surface area contributed by atoms with Crippen LogP contribution in [0.15, 0.2) is 24.3 Å². The van der Waals surface area contributed by atoms with Crippen LogP contribution in [0.4, 0.5) is 10.1 Å². The minimum absolute atomic E-state index is 0.140. The Labute approximate surface area is 113 Å². The van der Waals surface area contributed by atoms with Gasteiger partial charge in [-0.1, -0.05) is 25.5 Å². The topological polar surface area (TPSA) is 50.4 Å². The lowest BCUT2D eigenvalue weighted by atomic mass is 10.2. The second kappa shape index (κ2) is 8.61. The Kier molecular flexibility index (Phi) is 7.07. The van der Waals surface area contributed by atoms with Gasteiger partial charge < -0.3 is 15.4 Å². The highest BCUT2D eigenvalue weighted by Crippen LogP contribution is 2.11. The van der Waals surface area contributed by atoms with Crippen LogP contribution < -0.4 is 10.6 Å². The zero-order valence-electron chi connectivity index (χ0n) is 11.4. The first-order valence-electron chi connectivity index (χ1n) is 6.44. The number of benzene rings is 1. The molecule has 5 heteroatoms. The Hall–Kier alpha value is -1.46. The van der Waals surface area contributed by atoms with Gasteiger partial charge in [0.15, 0.2) is 0 Å². The van der Waals surface area contributed by atoms with Crippen molar-refractivity contribution in [3.05, 3.63) is 30.1 Å². The van der Waals surface area contributed by atoms with E-state index in [1.807, 2.05) is 0 Å². The van der Waals surface area contributed by atoms with Crippen molar-refractivity contribution in [3.8, 4) is 0 Å². The highest BCUT2D eigenvalue weighted by molar-refractivity contribution is 5.92. The lowest BCUT2D eigenvalue weighted by molar-refractivity contribution is -0.115. The van der Waals surface area contributed by atoms with Crippen LogP contribution in [0, 0.1) is 5.82 Å². The van der Waals surface area contributed by atoms with Crippen LogP contribution in [-0.2, 0) is 9.53 Å². The average Bonchev–Trinajstić information content (AvgIpc) is 2.39. The van der Waals surface area contributed by atoms with E-state index < -0.39 is 5.82 Å². The summed E-state index contributed by atoms with van der Waals surface area (Å²) in [6, 6.07) is 6.25. The molecule has 0 heterocycles. The van der Waals surface area contributed by atoms with E-state index in [2.05, 4.69) is 17.6 Å². The van der Waals surface area contributed by atoms with Gasteiger partial charge in [-0.3, -0.25) is 4.79 Å². The normalized spacial score (nSPS) is 12.2. The van der Waals surface area contributed by atoms with Crippen LogP contribution in [0.5, 0.6) is 0 Å². The van der Waals surface area contributed by atoms with Gasteiger partial charge in [0.05, 0.1) is 18.8 Å². The van der Waals surface area contributed by atoms with Crippen molar-refractivity contribution in [2.45, 2.75) is 25.8 Å². The van der Waals surface area contributed by atoms with Gasteiger partial charge in [0.2, 0.25) is 5.91 Å². The second-order valence-corrected chi connectivity index (χ2v) is 4.35. The van der Waals surface area contributed by atoms with Crippen molar-refractivity contribution in [3.63, 3.8) is 0 Å². The molecule has 1 rings (SSSR count). The Bertz CT molecular complexity index is 393. The molecular weight excluding hydrogens is 247 g/mol. The molecule has 0 spiro atoms. The fourth-order valence-electron chi connectivity index (χ4n) is 1.79. The minimum Gasteiger partial charge on any atom is -0.383 e. The third-order valence-corrected chi connectivity index (χ3v) is 2.70. The summed E-state index contributed by atoms with van der Waals surface area (Å²) in [5, 5.41) is 5.63. The molecule has 0 radical (unpaired) electrons. The third kappa shape index (κ3) is 5.81. The predicted molar refractivity (Wildman–Crippen MR) is 73.6 cm³/mol. The number of anilines is 1. The van der Waals surface area contributed by atoms with E-state index in [-0.39, 0.29) is 24.2 Å². The van der Waals surface area contributed by atoms with Crippen LogP contribution in [0.25, 0.3) is 0 Å². The summed E-state index contributed by atoms with van der Waals surface area (Å²) in [5.41, 5.74) is 0.202. The first kappa shape index (κ1) is 15.6. The Morgan fingerprint density at radius 3 is 2.79 bits per heavy atom. The van der Waals surface area contributed by atoms with Crippen molar-refractivity contribution in [1.82, 2.24) is 5.32 Å². The summed E-state index contributed by atoms with van der Waals surface area (Å²) in [5.74, 6) is -0.694. The molecule has 0 saturated heterocycles. The van der Waals surface area contributed by atoms with Crippen LogP contribution in [0.1, 0.15) is 19.8 Å². The number of rotatable bonds is 8. The quantitative estimate of drug-likeness (QED) is 0.759. The molecule has 0 aliphatic carbocycles. The number of carbonyl (C=O) groups is 1. The number of methoxy groups -OCH3 is 1. The molecular formula is C14H21FN2O2. The maximum atomic E-state index is 13.3. The molecule has 0 aromatic heterocycles. The van der Waals surface area contributed by atoms with Crippen molar-refractivity contribution in [1.29, 1.82) is 0 Å². The predicted octanol–water partition coefficient (Wildman–Crippen LogP) is 2.17. The number of amides is 1. The smallest absolute Gasteiger partial charge is 0.238 e. The fourth-order valence-corrected chi connectivity index (χ4v) is 1.79. The van der Waals surface area contributed by atoms with Gasteiger partial charge >= 0.3 is 0 Å². The molecule has 2 N–H and O–H groups in total. The van der Waals surface area contributed by atoms with Gasteiger partial charge in [-0.25, -0.2) is 4.39 Å². The summed E-state index contributed by atoms with van der Waals surface area (Å²) in [7, 11) is 1.63. The van der Waals surface area contributed by atoms with Gasteiger partial charge in [-0.2, -0.15) is 0 Å². The number of carbonyl (C=O) groups excluding carboxylic acids is 1. The zero-order chi connectivity index (χ0) is 14.1. The molecule has 1 unspecified atom stereocenters. The van der Waals surface area contributed by atoms with E-state index in [1.54, 1.807) is 19.2 Å². The van der Waals surface area contributed by atoms with Crippen molar-refractivity contribution in [2.24, 2.45) is 0 Å². The fraction of sp³-hybridized carbons (Fsp3) is 0.500. The lowest BCUT2D eigenvalue weighted by Gasteiger charge is -2.16. The maximum absolute atomic E-state index is 13.3. The molecule has 19 heavy (non-hydrogen) atoms. The van der Waals surface area contributed by atoms with E-state index in [4.69, 9.17) is 4.74 Å². The van der Waals surface area contributed by atoms with E-state index in [1.165, 1.54) is 12.1 Å². The monoisotopic (exact) mass is 268 g/mol. The van der Waals surface area contributed by atoms with Gasteiger partial charge in [0, 0.05) is 13.2 Å². The summed E-state index contributed by atoms with van der Waals surface area (Å²) < 4.78 is 18.4. The minimum atomic E-state index is -0.433. The molecule has 4 nitrogen and oxygen atoms in total. The van der Waals surface area contributed by atoms with Crippen molar-refractivity contribution >= 4 is 11.6 Å². The van der Waals surface area contributed by atoms with Gasteiger partial charge in [0.25, 0.3) is 0 Å². The number of ether oxygens (including phenoxy) is 1. The van der Waals surface area contributed by atoms with Crippen molar-refractivity contribution in [2.75, 3.05) is 25.6 Å². The number of hydrogen-bond acceptors (Lipinski definition) is 3. The molecule has 0 aliphatic heterocycles. The summed E-state index contributed by atoms with van der Waals surface area (Å²) in [6.45, 7) is 2.77. The molecule has 0 saturated carbocycles. The molecule has 0 fully saturated rings. The van der Waals surface area contributed by atoms with E-state index >= 15 is 0 Å². The van der Waals surface area contributed by atoms with Crippen LogP contribution in [-0.4, -0.2) is 32.2 Å². The van der Waals surface area contributed by atoms with E-state index in [0.29, 0.717) is 6.61 Å². The Morgan fingerprint density at radius 1 is 1.42 bits per heavy atom. The molecule has 1 aromatic rings. The molecule has 0 bridgehead atoms. The number of halogens is 1. The Morgan fingerprint density at radius 2 is 2.16 bits per heavy atom. The average molecular weight is 268 g/mol. The van der Waals surface area contributed by atoms with Crippen molar-refractivity contribution < 1.29 is 13.9 Å². The van der Waals surface area contributed by atoms with Gasteiger partial charge in [-0.05, 0) is 18.6 Å². The van der Waals surface area contributed by atoms with Crippen LogP contribution in [0.3, 0.4) is 0 Å². The molecule has 1 aromatic carbocycles. The first-order chi connectivity index (χ1) is 9.17. The molecule has 106 valence electrons. The summed E-state index contributed by atoms with van der Waals surface area (Å²) in [4.78, 5) is 11.7. The SMILES string of the molecule is CCCC(COC)NCC(=O)Nc1ccccc1F. The van der Waals surface area contributed by atoms with Gasteiger partial charge in [-0.15, -0.1) is 0 Å². The third-order valence-electron chi connectivity index (χ3n) is 2.70. The highest BCUT2D eigenvalue weighted by Gasteiger charge is 2.10. The number of hydrogen-bond donors (Lipinski definition) is 2. The number of nitrogens with one attached hydrogen (secondary N) is 2. The lowest BCUT2D eigenvalue weighted by Crippen LogP contribution is -2.38. The summed E-state index contributed by atoms with van der Waals surface area (Å²) >= 11 is 0. The highest BCUT2D eigenvalue weighted by atomic mass is 19.1. The maximum Gasteiger partial charge on any atom is 0.238 e. The first-order valence-corrected chi connectivity index (χ1v) is 6.44. The van der Waals surface area contributed by atoms with Crippen LogP contribution >= 0.6 is 0 Å². The van der Waals surface area contributed by atoms with Crippen LogP contribution in [0.2, 0.25) is 0 Å². The second-order valence-electron chi connectivity index (χ2n) is 4.35. The van der Waals surface area contributed by atoms with E-state index in [9.17, 15) is 9.18 Å². The molecule has 1 amide bonds. The van der Waals surface area contributed by atoms with E-state index in [0.717, 1.165) is 12.8 Å². The summed E-state index contributed by atoms with van der Waals surface area (Å²) in [6.07, 6.45) is 1.94. The molecule has 0 aliphatic rings. The number of para-hydroxylation sites is 1. The van der Waals surface area contributed by atoms with Gasteiger partial charge in [0.1, 0.15) is 5.82 Å². The zero-order valence-corrected chi connectivity index (χ0v) is 11.4. The largest absolute Gasteiger partial charge is 0.383 e. The standard InChI is InChI=1S/C14H21FN2O2/c1-3-6-11(10-19-2)16-9-14(18)17-13-8-5-4-7-12(13)15/h4-5,7-8,11,16H,3,6,9-10H2,1-2H3,(H,17,18). The molecule has 1 atom stereocenters.